The molecular weight excluding hydrogens is 1070 g/mol. The van der Waals surface area contributed by atoms with Gasteiger partial charge in [0.2, 0.25) is 5.69 Å². The maximum Gasteiger partial charge on any atom is 1.00 e. The van der Waals surface area contributed by atoms with E-state index in [1.165, 1.54) is 36.0 Å². The number of benzene rings is 3. The summed E-state index contributed by atoms with van der Waals surface area (Å²) in [5.41, 5.74) is 5.33. The van der Waals surface area contributed by atoms with Gasteiger partial charge >= 0.3 is 118 Å². The molecule has 2 aliphatic carbocycles. The number of fused-ring (bicyclic) bond motifs is 2. The Labute approximate surface area is 508 Å². The third-order valence-electron chi connectivity index (χ3n) is 12.1. The summed E-state index contributed by atoms with van der Waals surface area (Å²) < 4.78 is 145. The number of unbranched alkanes of at least 4 members (excludes halogenated alkanes) is 2. The summed E-state index contributed by atoms with van der Waals surface area (Å²) in [5, 5.41) is 14.2. The number of hydrogen-bond donors (Lipinski definition) is 1. The van der Waals surface area contributed by atoms with Crippen LogP contribution >= 0.6 is 23.8 Å². The minimum absolute atomic E-state index is 0. The summed E-state index contributed by atoms with van der Waals surface area (Å²) in [6.07, 6.45) is 10.6. The summed E-state index contributed by atoms with van der Waals surface area (Å²) in [4.78, 5) is 1.33. The summed E-state index contributed by atoms with van der Waals surface area (Å²) in [6.45, 7) is 8.29. The van der Waals surface area contributed by atoms with E-state index in [-0.39, 0.29) is 147 Å². The van der Waals surface area contributed by atoms with Crippen LogP contribution in [0.15, 0.2) is 126 Å². The molecule has 0 spiro atoms. The van der Waals surface area contributed by atoms with Crippen molar-refractivity contribution in [2.75, 3.05) is 18.1 Å². The van der Waals surface area contributed by atoms with E-state index in [2.05, 4.69) is 13.9 Å². The maximum atomic E-state index is 12.1. The molecule has 1 aliphatic heterocycles. The van der Waals surface area contributed by atoms with Crippen LogP contribution < -0.4 is 123 Å². The first kappa shape index (κ1) is 66.6. The van der Waals surface area contributed by atoms with Gasteiger partial charge in [0.25, 0.3) is 10.1 Å². The van der Waals surface area contributed by atoms with Gasteiger partial charge in [-0.1, -0.05) is 61.9 Å². The van der Waals surface area contributed by atoms with E-state index in [0.29, 0.717) is 54.0 Å². The molecule has 3 aromatic carbocycles. The van der Waals surface area contributed by atoms with Crippen molar-refractivity contribution in [1.82, 2.24) is 0 Å². The predicted molar refractivity (Wildman–Crippen MR) is 243 cm³/mol. The third-order valence-corrected chi connectivity index (χ3v) is 17.2. The molecule has 0 aromatic heterocycles. The Bertz CT molecular complexity index is 3010. The van der Waals surface area contributed by atoms with Crippen LogP contribution in [0.5, 0.6) is 0 Å². The van der Waals surface area contributed by atoms with Gasteiger partial charge in [-0.3, -0.25) is 9.59 Å². The van der Waals surface area contributed by atoms with Crippen LogP contribution in [0.3, 0.4) is 0 Å². The molecule has 3 aromatic rings. The van der Waals surface area contributed by atoms with Crippen LogP contribution in [0.4, 0.5) is 5.69 Å². The van der Waals surface area contributed by atoms with E-state index in [1.54, 1.807) is 24.3 Å². The second-order valence-corrected chi connectivity index (χ2v) is 24.9. The summed E-state index contributed by atoms with van der Waals surface area (Å²) in [5.74, 6) is -1.24. The monoisotopic (exact) mass is 1110 g/mol. The van der Waals surface area contributed by atoms with Gasteiger partial charge in [-0.2, -0.15) is 17.3 Å². The van der Waals surface area contributed by atoms with Gasteiger partial charge in [0.1, 0.15) is 26.8 Å². The molecule has 0 fully saturated rings. The topological polar surface area (TPSA) is 270 Å². The van der Waals surface area contributed by atoms with Crippen molar-refractivity contribution >= 4 is 75.7 Å². The van der Waals surface area contributed by atoms with Gasteiger partial charge < -0.3 is 18.9 Å². The molecule has 70 heavy (non-hydrogen) atoms. The Kier molecular flexibility index (Phi) is 25.9. The van der Waals surface area contributed by atoms with E-state index in [4.69, 9.17) is 0 Å². The first-order valence-electron chi connectivity index (χ1n) is 20.7. The molecule has 0 bridgehead atoms. The number of hydrogen-bond acceptors (Lipinski definition) is 16. The fourth-order valence-electron chi connectivity index (χ4n) is 8.93. The van der Waals surface area contributed by atoms with E-state index in [9.17, 15) is 57.1 Å². The smallest absolute Gasteiger partial charge is 0.748 e. The van der Waals surface area contributed by atoms with Gasteiger partial charge in [-0.25, -0.2) is 25.3 Å². The van der Waals surface area contributed by atoms with Crippen LogP contribution in [0.1, 0.15) is 95.2 Å². The molecule has 0 radical (unpaired) electrons. The quantitative estimate of drug-likeness (QED) is 0.0211. The zero-order valence-electron chi connectivity index (χ0n) is 40.3. The van der Waals surface area contributed by atoms with Crippen molar-refractivity contribution in [2.45, 2.75) is 109 Å². The molecule has 16 nitrogen and oxygen atoms in total. The Morgan fingerprint density at radius 3 is 1.93 bits per heavy atom. The number of allylic oxidation sites excluding steroid dienone is 7. The number of thioether (sulfide) groups is 1. The van der Waals surface area contributed by atoms with Crippen LogP contribution in [-0.4, -0.2) is 80.2 Å². The van der Waals surface area contributed by atoms with Crippen molar-refractivity contribution in [3.05, 3.63) is 123 Å². The van der Waals surface area contributed by atoms with E-state index in [0.717, 1.165) is 56.2 Å². The van der Waals surface area contributed by atoms with Crippen LogP contribution in [0, 0.1) is 0 Å². The molecule has 26 heteroatoms. The van der Waals surface area contributed by atoms with Crippen LogP contribution in [0.25, 0.3) is 0 Å². The first-order valence-corrected chi connectivity index (χ1v) is 28.2. The molecule has 3 aliphatic rings. The van der Waals surface area contributed by atoms with E-state index >= 15 is 0 Å². The van der Waals surface area contributed by atoms with E-state index in [1.807, 2.05) is 64.1 Å². The standard InChI is InChI=1S/C44H51NO15S6.4Na/c1-43(2)37(35(9-5-7-25-63(47,48)49)36-20-19-34(28-38(36)43)66(56,57)58)21-12-29-10-11-30(42(29)61-31-14-17-33(18-15-31)65(53,54)55)13-23-41-44(3,4)39-27-32(62-60-59-46)16-22-40(39)45(41)24-6-8-26-64(50,51)52;;;;/h12-23,27-28,35H,5-11,24-26H2,1-4H3,(H4-,46,47,48,49,50,51,52,53,54,55,56,57,58);;;;/q;4*+1/p-3/b23-13?,29-12?,37-21-;;;;. The van der Waals surface area contributed by atoms with Gasteiger partial charge in [-0.05, 0) is 117 Å². The second kappa shape index (κ2) is 27.2. The fraction of sp³-hybridized carbons (Fsp3) is 0.386. The summed E-state index contributed by atoms with van der Waals surface area (Å²) >= 11 is 2.12. The zero-order chi connectivity index (χ0) is 48.5. The van der Waals surface area contributed by atoms with Crippen molar-refractivity contribution in [1.29, 1.82) is 0 Å². The van der Waals surface area contributed by atoms with Gasteiger partial charge in [0, 0.05) is 55.9 Å². The fourth-order valence-corrected chi connectivity index (χ4v) is 12.5. The largest absolute Gasteiger partial charge is 1.00 e. The van der Waals surface area contributed by atoms with Crippen LogP contribution in [0.2, 0.25) is 0 Å². The minimum Gasteiger partial charge on any atom is -0.748 e. The van der Waals surface area contributed by atoms with Crippen LogP contribution in [-0.2, 0) is 60.7 Å². The number of rotatable bonds is 20. The normalized spacial score (nSPS) is 18.6. The number of nitrogens with zero attached hydrogens (tertiary/aromatic N) is 1. The average Bonchev–Trinajstić information content (AvgIpc) is 3.77. The van der Waals surface area contributed by atoms with Gasteiger partial charge in [0.15, 0.2) is 5.71 Å². The molecule has 0 saturated heterocycles. The average molecular weight is 1120 g/mol. The van der Waals surface area contributed by atoms with Crippen molar-refractivity contribution in [3.63, 3.8) is 0 Å². The molecule has 1 unspecified atom stereocenters. The molecule has 6 rings (SSSR count). The molecule has 1 N–H and O–H groups in total. The third kappa shape index (κ3) is 17.0. The minimum atomic E-state index is -4.79. The Balaban J connectivity index is 0.00000420. The molecule has 1 atom stereocenters. The van der Waals surface area contributed by atoms with Gasteiger partial charge in [0.05, 0.1) is 43.1 Å². The van der Waals surface area contributed by atoms with Crippen molar-refractivity contribution in [2.24, 2.45) is 0 Å². The summed E-state index contributed by atoms with van der Waals surface area (Å²) in [6, 6.07) is 15.4. The molecular formula is C44H48NNa4O15S6+. The molecule has 358 valence electrons. The molecule has 0 saturated carbocycles. The zero-order valence-corrected chi connectivity index (χ0v) is 53.2. The van der Waals surface area contributed by atoms with Crippen molar-refractivity contribution < 1.29 is 189 Å². The summed E-state index contributed by atoms with van der Waals surface area (Å²) in [7, 11) is -18.1. The molecule has 0 amide bonds. The SMILES string of the molecule is CC1(C)C(C=CC2=C(Sc3ccc(S(=O)(=O)[O-])cc3)C(=C/C=C3/C(CCCCS(=O)(=O)[O-])c4ccc(S(=O)(=O)[O-])cc4C3(C)C)CC2)=[N+](CCCCS(=O)(=O)O)c2ccc(SOO[O-])cc21.[Na+].[Na+].[Na+].[Na+]. The van der Waals surface area contributed by atoms with E-state index < -0.39 is 62.8 Å². The van der Waals surface area contributed by atoms with Crippen molar-refractivity contribution in [3.8, 4) is 0 Å². The predicted octanol–water partition coefficient (Wildman–Crippen LogP) is -5.17. The Hall–Kier alpha value is 0.510. The first-order chi connectivity index (χ1) is 30.7. The van der Waals surface area contributed by atoms with Gasteiger partial charge in [-0.15, -0.1) is 0 Å². The Morgan fingerprint density at radius 1 is 0.714 bits per heavy atom. The maximum absolute atomic E-state index is 12.1. The molecule has 1 heterocycles. The second-order valence-electron chi connectivity index (χ2n) is 17.2. The Morgan fingerprint density at radius 2 is 1.33 bits per heavy atom.